The number of hydrogen-bond acceptors (Lipinski definition) is 6. The van der Waals surface area contributed by atoms with Gasteiger partial charge >= 0.3 is 0 Å². The Morgan fingerprint density at radius 2 is 1.66 bits per heavy atom. The van der Waals surface area contributed by atoms with E-state index in [1.165, 1.54) is 0 Å². The summed E-state index contributed by atoms with van der Waals surface area (Å²) in [6.07, 6.45) is -2.65. The molecule has 5 aromatic rings. The van der Waals surface area contributed by atoms with Gasteiger partial charge in [-0.25, -0.2) is 8.78 Å². The number of benzene rings is 3. The largest absolute Gasteiger partial charge is 0.456 e. The summed E-state index contributed by atoms with van der Waals surface area (Å²) in [7, 11) is 0. The van der Waals surface area contributed by atoms with Crippen LogP contribution in [0.25, 0.3) is 44.5 Å². The van der Waals surface area contributed by atoms with Crippen molar-refractivity contribution in [3.63, 3.8) is 0 Å². The second kappa shape index (κ2) is 9.64. The minimum Gasteiger partial charge on any atom is -0.456 e. The molecule has 0 amide bonds. The first-order valence-corrected chi connectivity index (χ1v) is 12.1. The van der Waals surface area contributed by atoms with E-state index in [9.17, 15) is 10.2 Å². The van der Waals surface area contributed by atoms with Crippen molar-refractivity contribution in [1.82, 2.24) is 20.2 Å². The van der Waals surface area contributed by atoms with Gasteiger partial charge in [0.25, 0.3) is 6.01 Å². The summed E-state index contributed by atoms with van der Waals surface area (Å²) in [5.41, 5.74) is 4.92. The second-order valence-corrected chi connectivity index (χ2v) is 9.26. The molecule has 1 fully saturated rings. The number of hydrogen-bond donors (Lipinski definition) is 4. The van der Waals surface area contributed by atoms with E-state index in [1.54, 1.807) is 12.1 Å². The van der Waals surface area contributed by atoms with Gasteiger partial charge in [0, 0.05) is 6.07 Å². The van der Waals surface area contributed by atoms with Crippen LogP contribution in [0.15, 0.2) is 60.7 Å². The zero-order valence-electron chi connectivity index (χ0n) is 20.3. The quantitative estimate of drug-likeness (QED) is 0.265. The molecule has 0 radical (unpaired) electrons. The van der Waals surface area contributed by atoms with E-state index >= 15 is 8.78 Å². The molecule has 0 aliphatic carbocycles. The average molecular weight is 519 g/mol. The van der Waals surface area contributed by atoms with Gasteiger partial charge in [-0.05, 0) is 35.2 Å². The molecular formula is C28H24F2N4O4. The van der Waals surface area contributed by atoms with Crippen LogP contribution in [-0.4, -0.2) is 61.9 Å². The first-order valence-electron chi connectivity index (χ1n) is 12.1. The zero-order valence-corrected chi connectivity index (χ0v) is 20.3. The van der Waals surface area contributed by atoms with Crippen LogP contribution in [0.5, 0.6) is 6.01 Å². The molecule has 8 nitrogen and oxygen atoms in total. The average Bonchev–Trinajstić information content (AvgIpc) is 3.63. The molecule has 2 unspecified atom stereocenters. The number of aliphatic hydroxyl groups is 2. The van der Waals surface area contributed by atoms with E-state index < -0.39 is 29.9 Å². The van der Waals surface area contributed by atoms with Crippen LogP contribution in [0.1, 0.15) is 5.69 Å². The van der Waals surface area contributed by atoms with Crippen molar-refractivity contribution >= 4 is 11.0 Å². The molecule has 10 heteroatoms. The number of aliphatic hydroxyl groups excluding tert-OH is 2. The highest BCUT2D eigenvalue weighted by molar-refractivity contribution is 5.84. The predicted octanol–water partition coefficient (Wildman–Crippen LogP) is 4.37. The first-order chi connectivity index (χ1) is 18.4. The Morgan fingerprint density at radius 1 is 1.00 bits per heavy atom. The van der Waals surface area contributed by atoms with Crippen molar-refractivity contribution in [3.05, 3.63) is 78.0 Å². The van der Waals surface area contributed by atoms with E-state index in [0.29, 0.717) is 5.56 Å². The Balaban J connectivity index is 1.25. The van der Waals surface area contributed by atoms with Gasteiger partial charge in [0.1, 0.15) is 23.5 Å². The van der Waals surface area contributed by atoms with E-state index in [0.717, 1.165) is 34.1 Å². The number of ether oxygens (including phenoxy) is 2. The standard InChI is InChI=1S/C28H24F2N4O4/c1-14-10-20(34-33-14)17-6-2-15(3-7-17)16-4-8-18(9-5-16)24-19(29)11-21-26(25(24)30)32-28(31-21)38-23-13-37-22(12-35)27(23)36/h2-11,22-23,27,35-36H,12-13H2,1H3,(H,31,32)(H,33,34)/t22-,23?,27?/m1/s1. The van der Waals surface area contributed by atoms with Crippen LogP contribution in [0.3, 0.4) is 0 Å². The molecule has 1 saturated heterocycles. The lowest BCUT2D eigenvalue weighted by atomic mass is 9.98. The van der Waals surface area contributed by atoms with Crippen LogP contribution >= 0.6 is 0 Å². The van der Waals surface area contributed by atoms with E-state index in [1.807, 2.05) is 49.4 Å². The van der Waals surface area contributed by atoms with Crippen LogP contribution < -0.4 is 4.74 Å². The molecule has 3 heterocycles. The van der Waals surface area contributed by atoms with E-state index in [-0.39, 0.29) is 35.8 Å². The molecule has 0 saturated carbocycles. The van der Waals surface area contributed by atoms with Crippen molar-refractivity contribution in [1.29, 1.82) is 0 Å². The maximum atomic E-state index is 15.5. The Kier molecular flexibility index (Phi) is 6.15. The summed E-state index contributed by atoms with van der Waals surface area (Å²) in [5, 5.41) is 26.5. The number of rotatable bonds is 6. The highest BCUT2D eigenvalue weighted by Gasteiger charge is 2.37. The summed E-state index contributed by atoms with van der Waals surface area (Å²) in [6, 6.07) is 17.9. The number of fused-ring (bicyclic) bond motifs is 1. The Bertz CT molecular complexity index is 1600. The van der Waals surface area contributed by atoms with Crippen molar-refractivity contribution in [2.45, 2.75) is 25.2 Å². The molecule has 1 aliphatic rings. The molecule has 6 rings (SSSR count). The number of aryl methyl sites for hydroxylation is 1. The molecule has 1 aliphatic heterocycles. The zero-order chi connectivity index (χ0) is 26.4. The van der Waals surface area contributed by atoms with Crippen LogP contribution in [-0.2, 0) is 4.74 Å². The molecule has 0 bridgehead atoms. The molecule has 3 aromatic carbocycles. The van der Waals surface area contributed by atoms with Crippen molar-refractivity contribution in [3.8, 4) is 39.5 Å². The molecule has 4 N–H and O–H groups in total. The fraction of sp³-hybridized carbons (Fsp3) is 0.214. The Hall–Kier alpha value is -4.12. The number of H-pyrrole nitrogens is 2. The number of halogens is 2. The van der Waals surface area contributed by atoms with Crippen LogP contribution in [0, 0.1) is 18.6 Å². The molecule has 3 atom stereocenters. The fourth-order valence-corrected chi connectivity index (χ4v) is 4.68. The Morgan fingerprint density at radius 3 is 2.26 bits per heavy atom. The van der Waals surface area contributed by atoms with Gasteiger partial charge in [-0.2, -0.15) is 10.1 Å². The summed E-state index contributed by atoms with van der Waals surface area (Å²) >= 11 is 0. The van der Waals surface area contributed by atoms with E-state index in [4.69, 9.17) is 9.47 Å². The third kappa shape index (κ3) is 4.32. The summed E-state index contributed by atoms with van der Waals surface area (Å²) < 4.78 is 41.4. The van der Waals surface area contributed by atoms with Gasteiger partial charge in [-0.3, -0.25) is 5.10 Å². The number of nitrogens with zero attached hydrogens (tertiary/aromatic N) is 2. The lowest BCUT2D eigenvalue weighted by molar-refractivity contribution is -0.00390. The fourth-order valence-electron chi connectivity index (χ4n) is 4.68. The summed E-state index contributed by atoms with van der Waals surface area (Å²) in [6.45, 7) is 1.59. The third-order valence-electron chi connectivity index (χ3n) is 6.74. The highest BCUT2D eigenvalue weighted by Crippen LogP contribution is 2.34. The normalized spacial score (nSPS) is 19.3. The maximum Gasteiger partial charge on any atom is 0.295 e. The number of imidazole rings is 1. The van der Waals surface area contributed by atoms with E-state index in [2.05, 4.69) is 20.2 Å². The molecule has 194 valence electrons. The third-order valence-corrected chi connectivity index (χ3v) is 6.74. The van der Waals surface area contributed by atoms with Crippen LogP contribution in [0.4, 0.5) is 8.78 Å². The molecule has 38 heavy (non-hydrogen) atoms. The predicted molar refractivity (Wildman–Crippen MR) is 136 cm³/mol. The minimum atomic E-state index is -1.07. The van der Waals surface area contributed by atoms with Gasteiger partial charge in [0.05, 0.1) is 35.7 Å². The number of aromatic amines is 2. The Labute approximate surface area is 215 Å². The van der Waals surface area contributed by atoms with Gasteiger partial charge in [-0.15, -0.1) is 0 Å². The number of aromatic nitrogens is 4. The minimum absolute atomic E-state index is 0.0312. The molecule has 2 aromatic heterocycles. The van der Waals surface area contributed by atoms with Gasteiger partial charge in [0.2, 0.25) is 0 Å². The maximum absolute atomic E-state index is 15.5. The van der Waals surface area contributed by atoms with Gasteiger partial charge in [0.15, 0.2) is 11.9 Å². The highest BCUT2D eigenvalue weighted by atomic mass is 19.1. The first kappa shape index (κ1) is 24.2. The monoisotopic (exact) mass is 518 g/mol. The lowest BCUT2D eigenvalue weighted by Gasteiger charge is -2.15. The van der Waals surface area contributed by atoms with Crippen LogP contribution in [0.2, 0.25) is 0 Å². The second-order valence-electron chi connectivity index (χ2n) is 9.26. The van der Waals surface area contributed by atoms with Crippen molar-refractivity contribution in [2.75, 3.05) is 13.2 Å². The van der Waals surface area contributed by atoms with Gasteiger partial charge in [-0.1, -0.05) is 48.5 Å². The molecule has 0 spiro atoms. The summed E-state index contributed by atoms with van der Waals surface area (Å²) in [4.78, 5) is 6.87. The SMILES string of the molecule is Cc1cc(-c2ccc(-c3ccc(-c4c(F)cc5[nH]c(OC6CO[C@H](CO)C6O)nc5c4F)cc3)cc2)[nH]n1. The number of nitrogens with one attached hydrogen (secondary N) is 2. The molecular weight excluding hydrogens is 494 g/mol. The van der Waals surface area contributed by atoms with Crippen molar-refractivity contribution < 1.29 is 28.5 Å². The lowest BCUT2D eigenvalue weighted by Crippen LogP contribution is -2.36. The van der Waals surface area contributed by atoms with Gasteiger partial charge < -0.3 is 24.7 Å². The topological polar surface area (TPSA) is 116 Å². The smallest absolute Gasteiger partial charge is 0.295 e. The van der Waals surface area contributed by atoms with Crippen molar-refractivity contribution in [2.24, 2.45) is 0 Å². The summed E-state index contributed by atoms with van der Waals surface area (Å²) in [5.74, 6) is -1.57.